The van der Waals surface area contributed by atoms with E-state index in [-0.39, 0.29) is 12.2 Å². The Morgan fingerprint density at radius 1 is 1.29 bits per heavy atom. The van der Waals surface area contributed by atoms with E-state index in [2.05, 4.69) is 15.9 Å². The highest BCUT2D eigenvalue weighted by Gasteiger charge is 2.35. The second kappa shape index (κ2) is 6.13. The largest absolute Gasteiger partial charge is 0.493 e. The number of amides is 1. The lowest BCUT2D eigenvalue weighted by molar-refractivity contribution is -0.0226. The van der Waals surface area contributed by atoms with Crippen molar-refractivity contribution in [3.8, 4) is 11.5 Å². The molecule has 116 valence electrons. The molecule has 0 atom stereocenters. The average molecular weight is 358 g/mol. The van der Waals surface area contributed by atoms with Gasteiger partial charge in [-0.05, 0) is 39.0 Å². The van der Waals surface area contributed by atoms with Crippen molar-refractivity contribution in [2.45, 2.75) is 32.5 Å². The Bertz CT molecular complexity index is 521. The number of ether oxygens (including phenoxy) is 3. The first kappa shape index (κ1) is 15.9. The topological polar surface area (TPSA) is 48.0 Å². The van der Waals surface area contributed by atoms with Crippen molar-refractivity contribution < 1.29 is 19.0 Å². The van der Waals surface area contributed by atoms with Gasteiger partial charge in [-0.3, -0.25) is 0 Å². The zero-order valence-corrected chi connectivity index (χ0v) is 14.3. The van der Waals surface area contributed by atoms with E-state index in [0.29, 0.717) is 24.6 Å². The summed E-state index contributed by atoms with van der Waals surface area (Å²) >= 11 is 3.39. The van der Waals surface area contributed by atoms with Crippen LogP contribution < -0.4 is 9.47 Å². The van der Waals surface area contributed by atoms with Crippen molar-refractivity contribution >= 4 is 22.0 Å². The Kier molecular flexibility index (Phi) is 4.66. The number of carbonyl (C=O) groups excluding carboxylic acids is 1. The minimum Gasteiger partial charge on any atom is -0.493 e. The molecule has 1 aromatic rings. The van der Waals surface area contributed by atoms with E-state index in [1.807, 2.05) is 39.0 Å². The van der Waals surface area contributed by atoms with Crippen LogP contribution in [-0.4, -0.2) is 42.9 Å². The molecule has 0 aromatic heterocycles. The number of carbonyl (C=O) groups is 1. The highest BCUT2D eigenvalue weighted by molar-refractivity contribution is 9.10. The van der Waals surface area contributed by atoms with E-state index in [0.717, 1.165) is 4.47 Å². The van der Waals surface area contributed by atoms with Gasteiger partial charge in [0.15, 0.2) is 11.5 Å². The lowest BCUT2D eigenvalue weighted by Crippen LogP contribution is -2.57. The van der Waals surface area contributed by atoms with Gasteiger partial charge in [-0.2, -0.15) is 0 Å². The lowest BCUT2D eigenvalue weighted by Gasteiger charge is -2.39. The molecule has 1 heterocycles. The van der Waals surface area contributed by atoms with Crippen LogP contribution in [0.3, 0.4) is 0 Å². The Balaban J connectivity index is 1.87. The highest BCUT2D eigenvalue weighted by Crippen LogP contribution is 2.32. The van der Waals surface area contributed by atoms with Gasteiger partial charge in [0.05, 0.1) is 20.2 Å². The van der Waals surface area contributed by atoms with Crippen molar-refractivity contribution in [1.82, 2.24) is 4.90 Å². The molecule has 5 nitrogen and oxygen atoms in total. The Hall–Kier alpha value is -1.43. The SMILES string of the molecule is COc1cc(Br)ccc1OC1CN(C(=O)OC(C)(C)C)C1. The summed E-state index contributed by atoms with van der Waals surface area (Å²) < 4.78 is 17.3. The zero-order chi connectivity index (χ0) is 15.6. The van der Waals surface area contributed by atoms with Crippen molar-refractivity contribution in [2.75, 3.05) is 20.2 Å². The summed E-state index contributed by atoms with van der Waals surface area (Å²) in [6.45, 7) is 6.60. The normalized spacial score (nSPS) is 15.4. The first-order valence-corrected chi connectivity index (χ1v) is 7.56. The standard InChI is InChI=1S/C15H20BrNO4/c1-15(2,3)21-14(18)17-8-11(9-17)20-12-6-5-10(16)7-13(12)19-4/h5-7,11H,8-9H2,1-4H3. The van der Waals surface area contributed by atoms with E-state index < -0.39 is 5.60 Å². The maximum atomic E-state index is 11.8. The molecule has 2 rings (SSSR count). The first-order chi connectivity index (χ1) is 9.78. The van der Waals surface area contributed by atoms with Gasteiger partial charge in [0.25, 0.3) is 0 Å². The number of benzene rings is 1. The van der Waals surface area contributed by atoms with E-state index in [1.165, 1.54) is 0 Å². The molecule has 1 aliphatic heterocycles. The summed E-state index contributed by atoms with van der Waals surface area (Å²) in [6, 6.07) is 5.58. The van der Waals surface area contributed by atoms with Crippen LogP contribution in [0.1, 0.15) is 20.8 Å². The summed E-state index contributed by atoms with van der Waals surface area (Å²) in [5, 5.41) is 0. The predicted molar refractivity (Wildman–Crippen MR) is 82.9 cm³/mol. The van der Waals surface area contributed by atoms with Crippen molar-refractivity contribution in [3.63, 3.8) is 0 Å². The van der Waals surface area contributed by atoms with Crippen LogP contribution in [0.15, 0.2) is 22.7 Å². The summed E-state index contributed by atoms with van der Waals surface area (Å²) in [6.07, 6.45) is -0.335. The van der Waals surface area contributed by atoms with Crippen LogP contribution in [0.5, 0.6) is 11.5 Å². The molecular formula is C15H20BrNO4. The Morgan fingerprint density at radius 2 is 1.95 bits per heavy atom. The second-order valence-electron chi connectivity index (χ2n) is 5.92. The molecule has 21 heavy (non-hydrogen) atoms. The van der Waals surface area contributed by atoms with Gasteiger partial charge >= 0.3 is 6.09 Å². The van der Waals surface area contributed by atoms with Crippen molar-refractivity contribution in [1.29, 1.82) is 0 Å². The van der Waals surface area contributed by atoms with Gasteiger partial charge in [0.1, 0.15) is 11.7 Å². The molecule has 1 fully saturated rings. The molecule has 0 radical (unpaired) electrons. The van der Waals surface area contributed by atoms with Crippen LogP contribution in [0.2, 0.25) is 0 Å². The van der Waals surface area contributed by atoms with Crippen LogP contribution in [-0.2, 0) is 4.74 Å². The highest BCUT2D eigenvalue weighted by atomic mass is 79.9. The monoisotopic (exact) mass is 357 g/mol. The fourth-order valence-electron chi connectivity index (χ4n) is 1.91. The molecule has 0 N–H and O–H groups in total. The molecular weight excluding hydrogens is 338 g/mol. The van der Waals surface area contributed by atoms with Crippen LogP contribution in [0.4, 0.5) is 4.79 Å². The van der Waals surface area contributed by atoms with Gasteiger partial charge in [0.2, 0.25) is 0 Å². The summed E-state index contributed by atoms with van der Waals surface area (Å²) in [4.78, 5) is 13.5. The Labute approximate surface area is 133 Å². The van der Waals surface area contributed by atoms with E-state index in [1.54, 1.807) is 12.0 Å². The molecule has 6 heteroatoms. The smallest absolute Gasteiger partial charge is 0.410 e. The quantitative estimate of drug-likeness (QED) is 0.830. The fourth-order valence-corrected chi connectivity index (χ4v) is 2.25. The summed E-state index contributed by atoms with van der Waals surface area (Å²) in [7, 11) is 1.60. The minimum atomic E-state index is -0.474. The van der Waals surface area contributed by atoms with Gasteiger partial charge in [-0.15, -0.1) is 0 Å². The maximum absolute atomic E-state index is 11.8. The van der Waals surface area contributed by atoms with E-state index in [4.69, 9.17) is 14.2 Å². The second-order valence-corrected chi connectivity index (χ2v) is 6.84. The van der Waals surface area contributed by atoms with Gasteiger partial charge < -0.3 is 19.1 Å². The molecule has 0 saturated carbocycles. The van der Waals surface area contributed by atoms with Crippen molar-refractivity contribution in [3.05, 3.63) is 22.7 Å². The number of hydrogen-bond donors (Lipinski definition) is 0. The number of rotatable bonds is 3. The molecule has 1 saturated heterocycles. The van der Waals surface area contributed by atoms with Gasteiger partial charge in [-0.25, -0.2) is 4.79 Å². The van der Waals surface area contributed by atoms with Crippen LogP contribution >= 0.6 is 15.9 Å². The molecule has 0 aliphatic carbocycles. The lowest BCUT2D eigenvalue weighted by atomic mass is 10.1. The molecule has 1 aromatic carbocycles. The fraction of sp³-hybridized carbons (Fsp3) is 0.533. The molecule has 0 spiro atoms. The third-order valence-electron chi connectivity index (χ3n) is 2.92. The average Bonchev–Trinajstić information content (AvgIpc) is 2.32. The molecule has 0 unspecified atom stereocenters. The van der Waals surface area contributed by atoms with Crippen LogP contribution in [0.25, 0.3) is 0 Å². The molecule has 1 aliphatic rings. The number of nitrogens with zero attached hydrogens (tertiary/aromatic N) is 1. The summed E-state index contributed by atoms with van der Waals surface area (Å²) in [5.74, 6) is 1.34. The van der Waals surface area contributed by atoms with Gasteiger partial charge in [0, 0.05) is 4.47 Å². The number of likely N-dealkylation sites (tertiary alicyclic amines) is 1. The molecule has 0 bridgehead atoms. The third-order valence-corrected chi connectivity index (χ3v) is 3.41. The van der Waals surface area contributed by atoms with E-state index in [9.17, 15) is 4.79 Å². The maximum Gasteiger partial charge on any atom is 0.410 e. The first-order valence-electron chi connectivity index (χ1n) is 6.76. The number of halogens is 1. The van der Waals surface area contributed by atoms with Gasteiger partial charge in [-0.1, -0.05) is 15.9 Å². The minimum absolute atomic E-state index is 0.0346. The number of hydrogen-bond acceptors (Lipinski definition) is 4. The Morgan fingerprint density at radius 3 is 2.52 bits per heavy atom. The van der Waals surface area contributed by atoms with Crippen molar-refractivity contribution in [2.24, 2.45) is 0 Å². The predicted octanol–water partition coefficient (Wildman–Crippen LogP) is 3.46. The molecule has 1 amide bonds. The number of methoxy groups -OCH3 is 1. The van der Waals surface area contributed by atoms with Crippen LogP contribution in [0, 0.1) is 0 Å². The zero-order valence-electron chi connectivity index (χ0n) is 12.7. The summed E-state index contributed by atoms with van der Waals surface area (Å²) in [5.41, 5.74) is -0.474. The third kappa shape index (κ3) is 4.27. The van der Waals surface area contributed by atoms with E-state index >= 15 is 0 Å².